The molecule has 0 N–H and O–H groups in total. The summed E-state index contributed by atoms with van der Waals surface area (Å²) >= 11 is 0. The molecule has 3 heteroatoms. The normalized spacial score (nSPS) is 12.6. The van der Waals surface area contributed by atoms with Gasteiger partial charge in [-0.1, -0.05) is 260 Å². The van der Waals surface area contributed by atoms with Gasteiger partial charge >= 0.3 is 0 Å². The van der Waals surface area contributed by atoms with Crippen molar-refractivity contribution in [3.63, 3.8) is 0 Å². The Morgan fingerprint density at radius 2 is 0.600 bits per heavy atom. The van der Waals surface area contributed by atoms with Gasteiger partial charge in [-0.05, 0) is 154 Å². The largest absolute Gasteiger partial charge is 0.493 e. The zero-order valence-corrected chi connectivity index (χ0v) is 52.0. The molecule has 3 rings (SSSR count). The summed E-state index contributed by atoms with van der Waals surface area (Å²) < 4.78 is 1.69. The fourth-order valence-electron chi connectivity index (χ4n) is 11.9. The first-order chi connectivity index (χ1) is 36.4. The summed E-state index contributed by atoms with van der Waals surface area (Å²) in [6.45, 7) is 18.7. The second kappa shape index (κ2) is 45.4. The number of allylic oxidation sites excluding steroid dienone is 2. The number of aryl methyl sites for hydroxylation is 4. The van der Waals surface area contributed by atoms with Crippen LogP contribution in [-0.4, -0.2) is 4.70 Å². The molecule has 2 aromatic carbocycles. The van der Waals surface area contributed by atoms with Gasteiger partial charge in [0.25, 0.3) is 0 Å². The van der Waals surface area contributed by atoms with Crippen LogP contribution < -0.4 is 0 Å². The molecule has 1 aliphatic heterocycles. The Morgan fingerprint density at radius 1 is 0.320 bits per heavy atom. The van der Waals surface area contributed by atoms with Crippen LogP contribution in [0.25, 0.3) is 16.9 Å². The molecule has 1 aliphatic rings. The molecule has 2 nitrogen and oxygen atoms in total. The van der Waals surface area contributed by atoms with E-state index in [4.69, 9.17) is 0 Å². The van der Waals surface area contributed by atoms with Crippen LogP contribution in [0.15, 0.2) is 35.4 Å². The van der Waals surface area contributed by atoms with Crippen LogP contribution in [0.5, 0.6) is 0 Å². The molecule has 0 unspecified atom stereocenters. The van der Waals surface area contributed by atoms with Gasteiger partial charge in [0.05, 0.1) is 0 Å². The van der Waals surface area contributed by atoms with Gasteiger partial charge in [-0.15, -0.1) is 0 Å². The van der Waals surface area contributed by atoms with Gasteiger partial charge in [-0.25, -0.2) is 4.70 Å². The van der Waals surface area contributed by atoms with Crippen LogP contribution in [0.1, 0.15) is 357 Å². The molecule has 0 amide bonds. The van der Waals surface area contributed by atoms with E-state index in [1.54, 1.807) is 27.0 Å². The second-order valence-corrected chi connectivity index (χ2v) is 23.3. The molecule has 0 atom stereocenters. The van der Waals surface area contributed by atoms with Crippen LogP contribution in [0, 0.1) is 11.8 Å². The monoisotopic (exact) mass is 1070 g/mol. The van der Waals surface area contributed by atoms with E-state index in [2.05, 4.69) is 91.5 Å². The van der Waals surface area contributed by atoms with Crippen molar-refractivity contribution in [1.82, 2.24) is 0 Å². The molecule has 0 aliphatic carbocycles. The molecule has 428 valence electrons. The molecule has 0 bridgehead atoms. The number of benzene rings is 2. The number of rotatable bonds is 47. The quantitative estimate of drug-likeness (QED) is 0.0273. The van der Waals surface area contributed by atoms with Crippen molar-refractivity contribution in [3.05, 3.63) is 85.5 Å². The Labute approximate surface area is 477 Å². The minimum Gasteiger partial charge on any atom is -0.493 e. The van der Waals surface area contributed by atoms with Crippen LogP contribution in [-0.2, 0) is 55.0 Å². The van der Waals surface area contributed by atoms with E-state index in [0.29, 0.717) is 0 Å². The summed E-state index contributed by atoms with van der Waals surface area (Å²) in [6.07, 6.45) is 58.3. The maximum Gasteiger partial charge on any atom is 0.223 e. The van der Waals surface area contributed by atoms with Crippen molar-refractivity contribution in [2.45, 2.75) is 351 Å². The van der Waals surface area contributed by atoms with E-state index >= 15 is 0 Å². The smallest absolute Gasteiger partial charge is 0.223 e. The standard InChI is InChI=1S/C72H120N2.Ni/c1-9-17-25-30-31-32-33-34-35-36-37-38-39-40-41-42-43-48-56-70-69(55-47-29-21-13-5)72(74(73)71(70)65-57-61(49-22-14-6)67(53-24-16-8)62(58-65)50-23-15-7)66-59-63(51-44-26-18-10-2)68(54-46-28-20-12-4)64(60-66)52-45-27-19-11-3;/h57-60H,9-47,49-55H2,1-8H3;. The van der Waals surface area contributed by atoms with Crippen molar-refractivity contribution in [3.8, 4) is 11.8 Å². The molecule has 0 radical (unpaired) electrons. The molecule has 0 saturated carbocycles. The summed E-state index contributed by atoms with van der Waals surface area (Å²) in [5.74, 6) is 7.73. The maximum absolute atomic E-state index is 13.3. The van der Waals surface area contributed by atoms with E-state index in [0.717, 1.165) is 74.8 Å². The van der Waals surface area contributed by atoms with Crippen molar-refractivity contribution in [2.24, 2.45) is 0 Å². The van der Waals surface area contributed by atoms with E-state index in [-0.39, 0.29) is 16.5 Å². The van der Waals surface area contributed by atoms with Crippen molar-refractivity contribution >= 4 is 11.4 Å². The van der Waals surface area contributed by atoms with Crippen LogP contribution in [0.3, 0.4) is 0 Å². The predicted octanol–water partition coefficient (Wildman–Crippen LogP) is 23.9. The summed E-state index contributed by atoms with van der Waals surface area (Å²) in [5.41, 5.74) is 29.5. The summed E-state index contributed by atoms with van der Waals surface area (Å²) in [4.78, 5) is 0. The Morgan fingerprint density at radius 3 is 0.987 bits per heavy atom. The van der Waals surface area contributed by atoms with E-state index in [1.807, 2.05) is 0 Å². The Kier molecular flexibility index (Phi) is 41.6. The Bertz CT molecular complexity index is 1860. The topological polar surface area (TPSA) is 25.3 Å². The number of hydrogen-bond donors (Lipinski definition) is 0. The number of hydrogen-bond acceptors (Lipinski definition) is 0. The summed E-state index contributed by atoms with van der Waals surface area (Å²) in [7, 11) is 0. The minimum absolute atomic E-state index is 0. The van der Waals surface area contributed by atoms with Crippen LogP contribution >= 0.6 is 0 Å². The first-order valence-corrected chi connectivity index (χ1v) is 33.2. The van der Waals surface area contributed by atoms with E-state index < -0.39 is 0 Å². The minimum atomic E-state index is 0. The van der Waals surface area contributed by atoms with Gasteiger partial charge < -0.3 is 5.53 Å². The predicted molar refractivity (Wildman–Crippen MR) is 330 cm³/mol. The SMILES string of the molecule is CCCCCCCCCCCCCCCCCCC#CC1=C(c2cc(CCCC)c(CCCC)c(CCCC)c2)[N+](=[N-])C(c2cc(CCCCCC)c(CCCCCC)c(CCCCCC)c2)=C1CCCCCC.[Ni]. The molecule has 0 spiro atoms. The molecule has 0 aromatic heterocycles. The third-order valence-corrected chi connectivity index (χ3v) is 16.6. The zero-order valence-electron chi connectivity index (χ0n) is 51.0. The molecular formula is C72H120N2Ni. The average molecular weight is 1070 g/mol. The fraction of sp³-hybridized carbons (Fsp3) is 0.750. The third-order valence-electron chi connectivity index (χ3n) is 16.6. The third kappa shape index (κ3) is 26.9. The van der Waals surface area contributed by atoms with Gasteiger partial charge in [0.1, 0.15) is 5.57 Å². The van der Waals surface area contributed by atoms with Crippen LogP contribution in [0.4, 0.5) is 0 Å². The molecule has 2 aromatic rings. The van der Waals surface area contributed by atoms with Gasteiger partial charge in [-0.2, -0.15) is 0 Å². The van der Waals surface area contributed by atoms with Crippen LogP contribution in [0.2, 0.25) is 0 Å². The van der Waals surface area contributed by atoms with Gasteiger partial charge in [0.2, 0.25) is 11.4 Å². The summed E-state index contributed by atoms with van der Waals surface area (Å²) in [5, 5.41) is 0. The summed E-state index contributed by atoms with van der Waals surface area (Å²) in [6, 6.07) is 10.2. The zero-order chi connectivity index (χ0) is 53.3. The first kappa shape index (κ1) is 68.7. The second-order valence-electron chi connectivity index (χ2n) is 23.3. The van der Waals surface area contributed by atoms with Gasteiger partial charge in [0, 0.05) is 39.6 Å². The van der Waals surface area contributed by atoms with E-state index in [1.165, 1.54) is 265 Å². The molecule has 1 heterocycles. The molecule has 75 heavy (non-hydrogen) atoms. The van der Waals surface area contributed by atoms with Crippen molar-refractivity contribution in [2.75, 3.05) is 0 Å². The Hall–Kier alpha value is -2.43. The van der Waals surface area contributed by atoms with Crippen molar-refractivity contribution in [1.29, 1.82) is 0 Å². The Balaban J connectivity index is 0.0000193. The van der Waals surface area contributed by atoms with Crippen molar-refractivity contribution < 1.29 is 21.2 Å². The average Bonchev–Trinajstić information content (AvgIpc) is 3.68. The first-order valence-electron chi connectivity index (χ1n) is 33.2. The number of unbranched alkanes of at least 4 members (excludes halogenated alkanes) is 31. The number of nitrogens with zero attached hydrogens (tertiary/aromatic N) is 2. The maximum atomic E-state index is 13.3. The molecular weight excluding hydrogens is 951 g/mol. The van der Waals surface area contributed by atoms with Gasteiger partial charge in [0.15, 0.2) is 0 Å². The van der Waals surface area contributed by atoms with Gasteiger partial charge in [-0.3, -0.25) is 0 Å². The fourth-order valence-corrected chi connectivity index (χ4v) is 11.9. The molecule has 0 fully saturated rings. The molecule has 0 saturated heterocycles. The van der Waals surface area contributed by atoms with E-state index in [9.17, 15) is 5.53 Å².